The number of anilines is 1. The van der Waals surface area contributed by atoms with Gasteiger partial charge in [0.15, 0.2) is 11.5 Å². The van der Waals surface area contributed by atoms with Crippen LogP contribution in [0, 0.1) is 0 Å². The molecular formula is C25H24N2O5S. The first-order valence-corrected chi connectivity index (χ1v) is 11.9. The second-order valence-corrected chi connectivity index (χ2v) is 9.26. The van der Waals surface area contributed by atoms with E-state index >= 15 is 0 Å². The van der Waals surface area contributed by atoms with Gasteiger partial charge in [0.2, 0.25) is 0 Å². The molecule has 8 heteroatoms. The van der Waals surface area contributed by atoms with E-state index in [9.17, 15) is 13.2 Å². The third-order valence-electron chi connectivity index (χ3n) is 5.08. The summed E-state index contributed by atoms with van der Waals surface area (Å²) in [5.41, 5.74) is 0.752. The molecule has 170 valence electrons. The Morgan fingerprint density at radius 1 is 1.03 bits per heavy atom. The summed E-state index contributed by atoms with van der Waals surface area (Å²) in [5, 5.41) is 2.80. The topological polar surface area (TPSA) is 84.9 Å². The summed E-state index contributed by atoms with van der Waals surface area (Å²) in [4.78, 5) is 12.8. The van der Waals surface area contributed by atoms with E-state index in [1.807, 2.05) is 24.3 Å². The maximum Gasteiger partial charge on any atom is 0.264 e. The molecule has 0 saturated carbocycles. The zero-order chi connectivity index (χ0) is 23.3. The molecule has 0 bridgehead atoms. The van der Waals surface area contributed by atoms with Crippen molar-refractivity contribution in [1.29, 1.82) is 0 Å². The highest BCUT2D eigenvalue weighted by Gasteiger charge is 2.25. The van der Waals surface area contributed by atoms with Crippen LogP contribution >= 0.6 is 0 Å². The molecule has 1 unspecified atom stereocenters. The standard InChI is InChI=1S/C25H24N2O5S/c1-2-15-27(20-10-4-3-5-11-20)33(29,30)22-12-8-9-19(16-22)25(28)26-17-21-18-31-23-13-6-7-14-24(23)32-21/h2-14,16,21H,1,15,17-18H2,(H,26,28). The largest absolute Gasteiger partial charge is 0.486 e. The highest BCUT2D eigenvalue weighted by molar-refractivity contribution is 7.92. The molecule has 1 heterocycles. The first-order chi connectivity index (χ1) is 16.0. The van der Waals surface area contributed by atoms with Gasteiger partial charge in [0.05, 0.1) is 23.7 Å². The minimum Gasteiger partial charge on any atom is -0.486 e. The summed E-state index contributed by atoms with van der Waals surface area (Å²) < 4.78 is 39.4. The molecule has 1 aliphatic heterocycles. The Bertz CT molecular complexity index is 1240. The Labute approximate surface area is 193 Å². The quantitative estimate of drug-likeness (QED) is 0.515. The van der Waals surface area contributed by atoms with Crippen LogP contribution in [-0.2, 0) is 10.0 Å². The van der Waals surface area contributed by atoms with Crippen LogP contribution in [0.2, 0.25) is 0 Å². The van der Waals surface area contributed by atoms with Crippen molar-refractivity contribution in [2.75, 3.05) is 24.0 Å². The van der Waals surface area contributed by atoms with Crippen LogP contribution in [0.25, 0.3) is 0 Å². The average Bonchev–Trinajstić information content (AvgIpc) is 2.86. The second kappa shape index (κ2) is 9.79. The number of para-hydroxylation sites is 3. The van der Waals surface area contributed by atoms with E-state index in [4.69, 9.17) is 9.47 Å². The molecule has 7 nitrogen and oxygen atoms in total. The van der Waals surface area contributed by atoms with Gasteiger partial charge in [0.25, 0.3) is 15.9 Å². The van der Waals surface area contributed by atoms with Gasteiger partial charge in [0, 0.05) is 5.56 Å². The molecule has 0 radical (unpaired) electrons. The van der Waals surface area contributed by atoms with Crippen molar-refractivity contribution in [2.24, 2.45) is 0 Å². The number of ether oxygens (including phenoxy) is 2. The lowest BCUT2D eigenvalue weighted by molar-refractivity contribution is 0.0789. The lowest BCUT2D eigenvalue weighted by Gasteiger charge is -2.26. The van der Waals surface area contributed by atoms with E-state index in [0.717, 1.165) is 0 Å². The lowest BCUT2D eigenvalue weighted by Crippen LogP contribution is -2.40. The van der Waals surface area contributed by atoms with Gasteiger partial charge in [0.1, 0.15) is 12.7 Å². The number of carbonyl (C=O) groups excluding carboxylic acids is 1. The normalized spacial score (nSPS) is 14.8. The smallest absolute Gasteiger partial charge is 0.264 e. The van der Waals surface area contributed by atoms with Crippen molar-refractivity contribution in [3.05, 3.63) is 97.1 Å². The number of benzene rings is 3. The maximum absolute atomic E-state index is 13.3. The number of sulfonamides is 1. The van der Waals surface area contributed by atoms with Gasteiger partial charge >= 0.3 is 0 Å². The van der Waals surface area contributed by atoms with Gasteiger partial charge in [-0.15, -0.1) is 6.58 Å². The highest BCUT2D eigenvalue weighted by Crippen LogP contribution is 2.30. The maximum atomic E-state index is 13.3. The number of hydrogen-bond donors (Lipinski definition) is 1. The SMILES string of the molecule is C=CCN(c1ccccc1)S(=O)(=O)c1cccc(C(=O)NCC2COc3ccccc3O2)c1. The number of nitrogens with one attached hydrogen (secondary N) is 1. The van der Waals surface area contributed by atoms with Crippen molar-refractivity contribution in [2.45, 2.75) is 11.0 Å². The van der Waals surface area contributed by atoms with Gasteiger partial charge in [-0.25, -0.2) is 8.42 Å². The van der Waals surface area contributed by atoms with Gasteiger partial charge < -0.3 is 14.8 Å². The van der Waals surface area contributed by atoms with Gasteiger partial charge in [-0.3, -0.25) is 9.10 Å². The Morgan fingerprint density at radius 2 is 1.76 bits per heavy atom. The average molecular weight is 465 g/mol. The van der Waals surface area contributed by atoms with Gasteiger partial charge in [-0.05, 0) is 42.5 Å². The Morgan fingerprint density at radius 3 is 2.52 bits per heavy atom. The zero-order valence-corrected chi connectivity index (χ0v) is 18.7. The molecule has 1 amide bonds. The van der Waals surface area contributed by atoms with Gasteiger partial charge in [-0.1, -0.05) is 42.5 Å². The van der Waals surface area contributed by atoms with Crippen LogP contribution in [0.3, 0.4) is 0 Å². The van der Waals surface area contributed by atoms with Crippen molar-refractivity contribution >= 4 is 21.6 Å². The highest BCUT2D eigenvalue weighted by atomic mass is 32.2. The molecule has 4 rings (SSSR count). The Kier molecular flexibility index (Phi) is 6.65. The van der Waals surface area contributed by atoms with E-state index in [1.165, 1.54) is 22.5 Å². The fraction of sp³-hybridized carbons (Fsp3) is 0.160. The van der Waals surface area contributed by atoms with Crippen LogP contribution in [0.4, 0.5) is 5.69 Å². The predicted molar refractivity (Wildman–Crippen MR) is 126 cm³/mol. The number of fused-ring (bicyclic) bond motifs is 1. The first-order valence-electron chi connectivity index (χ1n) is 10.4. The van der Waals surface area contributed by atoms with Crippen molar-refractivity contribution in [3.63, 3.8) is 0 Å². The van der Waals surface area contributed by atoms with E-state index in [1.54, 1.807) is 42.5 Å². The molecule has 0 aliphatic carbocycles. The number of nitrogens with zero attached hydrogens (tertiary/aromatic N) is 1. The Balaban J connectivity index is 1.48. The van der Waals surface area contributed by atoms with Crippen molar-refractivity contribution in [1.82, 2.24) is 5.32 Å². The molecular weight excluding hydrogens is 440 g/mol. The molecule has 0 saturated heterocycles. The monoisotopic (exact) mass is 464 g/mol. The molecule has 1 aliphatic rings. The third-order valence-corrected chi connectivity index (χ3v) is 6.87. The molecule has 1 atom stereocenters. The summed E-state index contributed by atoms with van der Waals surface area (Å²) in [5.74, 6) is 0.893. The van der Waals surface area contributed by atoms with E-state index in [0.29, 0.717) is 23.8 Å². The molecule has 3 aromatic rings. The van der Waals surface area contributed by atoms with Crippen LogP contribution in [0.1, 0.15) is 10.4 Å². The number of rotatable bonds is 8. The van der Waals surface area contributed by atoms with Gasteiger partial charge in [-0.2, -0.15) is 0 Å². The lowest BCUT2D eigenvalue weighted by atomic mass is 10.2. The summed E-state index contributed by atoms with van der Waals surface area (Å²) in [6, 6.07) is 22.1. The van der Waals surface area contributed by atoms with Crippen molar-refractivity contribution < 1.29 is 22.7 Å². The number of amides is 1. The summed E-state index contributed by atoms with van der Waals surface area (Å²) in [7, 11) is -3.90. The molecule has 3 aromatic carbocycles. The summed E-state index contributed by atoms with van der Waals surface area (Å²) in [6.07, 6.45) is 1.17. The molecule has 33 heavy (non-hydrogen) atoms. The predicted octanol–water partition coefficient (Wildman–Crippen LogP) is 3.64. The van der Waals surface area contributed by atoms with E-state index < -0.39 is 15.9 Å². The van der Waals surface area contributed by atoms with E-state index in [2.05, 4.69) is 11.9 Å². The third kappa shape index (κ3) is 5.01. The van der Waals surface area contributed by atoms with Crippen LogP contribution < -0.4 is 19.1 Å². The fourth-order valence-electron chi connectivity index (χ4n) is 3.45. The number of hydrogen-bond acceptors (Lipinski definition) is 5. The summed E-state index contributed by atoms with van der Waals surface area (Å²) in [6.45, 7) is 4.29. The molecule has 0 aromatic heterocycles. The second-order valence-electron chi connectivity index (χ2n) is 7.40. The van der Waals surface area contributed by atoms with Crippen LogP contribution in [0.5, 0.6) is 11.5 Å². The van der Waals surface area contributed by atoms with Crippen LogP contribution in [-0.4, -0.2) is 40.1 Å². The van der Waals surface area contributed by atoms with Crippen molar-refractivity contribution in [3.8, 4) is 11.5 Å². The van der Waals surface area contributed by atoms with E-state index in [-0.39, 0.29) is 29.7 Å². The molecule has 1 N–H and O–H groups in total. The zero-order valence-electron chi connectivity index (χ0n) is 17.9. The minimum atomic E-state index is -3.90. The molecule has 0 fully saturated rings. The number of carbonyl (C=O) groups is 1. The summed E-state index contributed by atoms with van der Waals surface area (Å²) >= 11 is 0. The fourth-order valence-corrected chi connectivity index (χ4v) is 4.93. The minimum absolute atomic E-state index is 0.0204. The van der Waals surface area contributed by atoms with Crippen LogP contribution in [0.15, 0.2) is 96.4 Å². The first kappa shape index (κ1) is 22.4. The Hall–Kier alpha value is -3.78. The molecule has 0 spiro atoms.